The van der Waals surface area contributed by atoms with Gasteiger partial charge in [-0.25, -0.2) is 0 Å². The van der Waals surface area contributed by atoms with E-state index in [2.05, 4.69) is 13.8 Å². The van der Waals surface area contributed by atoms with Crippen LogP contribution in [-0.2, 0) is 9.59 Å². The standard InChI is InChI=1S/C24H47NO3/c1-3-5-7-9-11-13-17-21(23(25)26)18-15-16-20-22(24(27)28)19-14-12-10-8-6-4-2/h21-22H,3-20H2,1-2H3,(H2,25,26)(H,27,28). The minimum atomic E-state index is -0.660. The lowest BCUT2D eigenvalue weighted by molar-refractivity contribution is -0.142. The number of carboxylic acids is 1. The molecule has 0 aromatic rings. The number of carbonyl (C=O) groups is 2. The predicted octanol–water partition coefficient (Wildman–Crippen LogP) is 6.85. The molecule has 0 aliphatic carbocycles. The van der Waals surface area contributed by atoms with Gasteiger partial charge in [0.2, 0.25) is 5.91 Å². The quantitative estimate of drug-likeness (QED) is 0.208. The molecule has 0 radical (unpaired) electrons. The fourth-order valence-corrected chi connectivity index (χ4v) is 3.94. The summed E-state index contributed by atoms with van der Waals surface area (Å²) >= 11 is 0. The zero-order valence-corrected chi connectivity index (χ0v) is 18.7. The van der Waals surface area contributed by atoms with Crippen molar-refractivity contribution in [2.45, 2.75) is 129 Å². The molecule has 0 heterocycles. The summed E-state index contributed by atoms with van der Waals surface area (Å²) in [4.78, 5) is 23.2. The summed E-state index contributed by atoms with van der Waals surface area (Å²) in [6, 6.07) is 0. The fraction of sp³-hybridized carbons (Fsp3) is 0.917. The van der Waals surface area contributed by atoms with Gasteiger partial charge >= 0.3 is 5.97 Å². The Morgan fingerprint density at radius 2 is 0.929 bits per heavy atom. The molecule has 28 heavy (non-hydrogen) atoms. The maximum absolute atomic E-state index is 11.7. The summed E-state index contributed by atoms with van der Waals surface area (Å²) in [7, 11) is 0. The van der Waals surface area contributed by atoms with Gasteiger partial charge < -0.3 is 10.8 Å². The Kier molecular flexibility index (Phi) is 18.5. The van der Waals surface area contributed by atoms with E-state index >= 15 is 0 Å². The molecule has 4 heteroatoms. The van der Waals surface area contributed by atoms with Crippen LogP contribution in [0.2, 0.25) is 0 Å². The highest BCUT2D eigenvalue weighted by atomic mass is 16.4. The number of unbranched alkanes of at least 4 members (excludes halogenated alkanes) is 11. The van der Waals surface area contributed by atoms with E-state index in [4.69, 9.17) is 5.73 Å². The molecule has 0 bridgehead atoms. The Morgan fingerprint density at radius 3 is 1.29 bits per heavy atom. The van der Waals surface area contributed by atoms with Crippen LogP contribution in [0.5, 0.6) is 0 Å². The molecule has 0 aromatic carbocycles. The summed E-state index contributed by atoms with van der Waals surface area (Å²) in [6.45, 7) is 4.42. The van der Waals surface area contributed by atoms with Crippen molar-refractivity contribution in [1.29, 1.82) is 0 Å². The third-order valence-corrected chi connectivity index (χ3v) is 5.92. The van der Waals surface area contributed by atoms with Gasteiger partial charge in [-0.2, -0.15) is 0 Å². The molecule has 166 valence electrons. The lowest BCUT2D eigenvalue weighted by atomic mass is 9.91. The molecule has 0 fully saturated rings. The van der Waals surface area contributed by atoms with Crippen LogP contribution in [0.25, 0.3) is 0 Å². The first-order chi connectivity index (χ1) is 13.5. The molecule has 2 unspecified atom stereocenters. The lowest BCUT2D eigenvalue weighted by Gasteiger charge is -2.15. The van der Waals surface area contributed by atoms with Crippen LogP contribution >= 0.6 is 0 Å². The van der Waals surface area contributed by atoms with E-state index in [1.165, 1.54) is 57.8 Å². The summed E-state index contributed by atoms with van der Waals surface area (Å²) < 4.78 is 0. The molecule has 0 aliphatic heterocycles. The molecule has 2 atom stereocenters. The van der Waals surface area contributed by atoms with Gasteiger partial charge in [-0.05, 0) is 25.7 Å². The Labute approximate surface area is 174 Å². The number of nitrogens with two attached hydrogens (primary N) is 1. The van der Waals surface area contributed by atoms with Crippen molar-refractivity contribution >= 4 is 11.9 Å². The number of carbonyl (C=O) groups excluding carboxylic acids is 1. The van der Waals surface area contributed by atoms with Crippen LogP contribution in [0.3, 0.4) is 0 Å². The summed E-state index contributed by atoms with van der Waals surface area (Å²) in [6.07, 6.45) is 19.5. The summed E-state index contributed by atoms with van der Waals surface area (Å²) in [5, 5.41) is 9.44. The number of carboxylic acid groups (broad SMARTS) is 1. The average molecular weight is 398 g/mol. The van der Waals surface area contributed by atoms with Gasteiger partial charge in [0.15, 0.2) is 0 Å². The molecule has 0 rings (SSSR count). The third-order valence-electron chi connectivity index (χ3n) is 5.92. The number of rotatable bonds is 21. The van der Waals surface area contributed by atoms with E-state index < -0.39 is 5.97 Å². The third kappa shape index (κ3) is 15.9. The normalized spacial score (nSPS) is 13.4. The topological polar surface area (TPSA) is 80.4 Å². The van der Waals surface area contributed by atoms with Crippen LogP contribution in [0.4, 0.5) is 0 Å². The van der Waals surface area contributed by atoms with E-state index in [-0.39, 0.29) is 17.7 Å². The number of aliphatic carboxylic acids is 1. The van der Waals surface area contributed by atoms with Gasteiger partial charge in [-0.3, -0.25) is 9.59 Å². The van der Waals surface area contributed by atoms with Crippen molar-refractivity contribution in [2.75, 3.05) is 0 Å². The second-order valence-electron chi connectivity index (χ2n) is 8.53. The predicted molar refractivity (Wildman–Crippen MR) is 118 cm³/mol. The molecule has 0 aromatic heterocycles. The van der Waals surface area contributed by atoms with E-state index in [0.29, 0.717) is 0 Å². The van der Waals surface area contributed by atoms with E-state index in [0.717, 1.165) is 57.8 Å². The van der Waals surface area contributed by atoms with Crippen LogP contribution in [0, 0.1) is 11.8 Å². The molecule has 0 spiro atoms. The Hall–Kier alpha value is -1.06. The zero-order chi connectivity index (χ0) is 21.0. The lowest BCUT2D eigenvalue weighted by Crippen LogP contribution is -2.23. The number of hydrogen-bond donors (Lipinski definition) is 2. The average Bonchev–Trinajstić information content (AvgIpc) is 2.66. The van der Waals surface area contributed by atoms with Crippen LogP contribution in [-0.4, -0.2) is 17.0 Å². The minimum absolute atomic E-state index is 0.0342. The van der Waals surface area contributed by atoms with Gasteiger partial charge in [0.05, 0.1) is 5.92 Å². The van der Waals surface area contributed by atoms with Gasteiger partial charge in [-0.15, -0.1) is 0 Å². The Morgan fingerprint density at radius 1 is 0.607 bits per heavy atom. The second-order valence-corrected chi connectivity index (χ2v) is 8.53. The molecular weight excluding hydrogens is 350 g/mol. The molecule has 0 saturated carbocycles. The molecule has 3 N–H and O–H groups in total. The van der Waals surface area contributed by atoms with Crippen LogP contribution < -0.4 is 5.73 Å². The summed E-state index contributed by atoms with van der Waals surface area (Å²) in [5.74, 6) is -1.10. The van der Waals surface area contributed by atoms with Gasteiger partial charge in [-0.1, -0.05) is 104 Å². The molecule has 0 saturated heterocycles. The Bertz CT molecular complexity index is 348. The number of primary amides is 1. The highest BCUT2D eigenvalue weighted by molar-refractivity contribution is 5.76. The monoisotopic (exact) mass is 397 g/mol. The molecular formula is C24H47NO3. The van der Waals surface area contributed by atoms with Crippen molar-refractivity contribution in [3.8, 4) is 0 Å². The zero-order valence-electron chi connectivity index (χ0n) is 18.7. The Balaban J connectivity index is 3.92. The first-order valence-corrected chi connectivity index (χ1v) is 12.0. The van der Waals surface area contributed by atoms with Crippen LogP contribution in [0.1, 0.15) is 129 Å². The maximum Gasteiger partial charge on any atom is 0.306 e. The van der Waals surface area contributed by atoms with Gasteiger partial charge in [0.25, 0.3) is 0 Å². The van der Waals surface area contributed by atoms with Crippen molar-refractivity contribution in [3.05, 3.63) is 0 Å². The second kappa shape index (κ2) is 19.3. The highest BCUT2D eigenvalue weighted by Crippen LogP contribution is 2.22. The highest BCUT2D eigenvalue weighted by Gasteiger charge is 2.18. The van der Waals surface area contributed by atoms with E-state index in [1.54, 1.807) is 0 Å². The maximum atomic E-state index is 11.7. The first kappa shape index (κ1) is 26.9. The van der Waals surface area contributed by atoms with Crippen LogP contribution in [0.15, 0.2) is 0 Å². The number of hydrogen-bond acceptors (Lipinski definition) is 2. The fourth-order valence-electron chi connectivity index (χ4n) is 3.94. The molecule has 1 amide bonds. The minimum Gasteiger partial charge on any atom is -0.481 e. The largest absolute Gasteiger partial charge is 0.481 e. The van der Waals surface area contributed by atoms with Crippen molar-refractivity contribution < 1.29 is 14.7 Å². The first-order valence-electron chi connectivity index (χ1n) is 12.0. The van der Waals surface area contributed by atoms with Gasteiger partial charge in [0.1, 0.15) is 0 Å². The molecule has 4 nitrogen and oxygen atoms in total. The van der Waals surface area contributed by atoms with Gasteiger partial charge in [0, 0.05) is 5.92 Å². The van der Waals surface area contributed by atoms with E-state index in [1.807, 2.05) is 0 Å². The van der Waals surface area contributed by atoms with Crippen molar-refractivity contribution in [2.24, 2.45) is 17.6 Å². The summed E-state index contributed by atoms with van der Waals surface area (Å²) in [5.41, 5.74) is 5.57. The molecule has 0 aliphatic rings. The van der Waals surface area contributed by atoms with E-state index in [9.17, 15) is 14.7 Å². The van der Waals surface area contributed by atoms with Crippen molar-refractivity contribution in [3.63, 3.8) is 0 Å². The smallest absolute Gasteiger partial charge is 0.306 e. The van der Waals surface area contributed by atoms with Crippen molar-refractivity contribution in [1.82, 2.24) is 0 Å². The number of amides is 1. The SMILES string of the molecule is CCCCCCCCC(CCCCC(CCCCCCCC)C(=O)O)C(N)=O.